The Hall–Kier alpha value is -2.22. The number of rotatable bonds is 3. The standard InChI is InChI=1S/C20H22ClF3N2O3/c1-19(2,3)29-18(28)26-9-5-6-12(26)10-25-11-13(17(27)20(22,23)24)16-14(21)7-4-8-15(16)25/h4,7-8,11-12H,5-6,9-10H2,1-3H3. The van der Waals surface area contributed by atoms with Crippen molar-refractivity contribution in [2.45, 2.75) is 58.0 Å². The van der Waals surface area contributed by atoms with Crippen LogP contribution in [0.25, 0.3) is 10.9 Å². The van der Waals surface area contributed by atoms with Crippen LogP contribution in [0.2, 0.25) is 5.02 Å². The predicted octanol–water partition coefficient (Wildman–Crippen LogP) is 5.44. The molecule has 0 bridgehead atoms. The lowest BCUT2D eigenvalue weighted by molar-refractivity contribution is -0.0884. The molecule has 1 amide bonds. The topological polar surface area (TPSA) is 51.5 Å². The molecule has 0 aliphatic carbocycles. The molecular weight excluding hydrogens is 409 g/mol. The summed E-state index contributed by atoms with van der Waals surface area (Å²) in [5.41, 5.74) is -0.717. The van der Waals surface area contributed by atoms with Crippen LogP contribution in [-0.2, 0) is 11.3 Å². The second-order valence-corrected chi connectivity index (χ2v) is 8.53. The van der Waals surface area contributed by atoms with Gasteiger partial charge in [0, 0.05) is 24.7 Å². The van der Waals surface area contributed by atoms with E-state index in [-0.39, 0.29) is 23.0 Å². The predicted molar refractivity (Wildman–Crippen MR) is 103 cm³/mol. The van der Waals surface area contributed by atoms with Gasteiger partial charge in [-0.05, 0) is 45.7 Å². The summed E-state index contributed by atoms with van der Waals surface area (Å²) in [5, 5.41) is 0.141. The first-order valence-electron chi connectivity index (χ1n) is 9.27. The molecule has 158 valence electrons. The fraction of sp³-hybridized carbons (Fsp3) is 0.500. The molecule has 1 aliphatic rings. The first-order chi connectivity index (χ1) is 13.4. The Kier molecular flexibility index (Phi) is 5.60. The van der Waals surface area contributed by atoms with Crippen molar-refractivity contribution in [3.05, 3.63) is 35.0 Å². The molecule has 0 radical (unpaired) electrons. The molecule has 1 unspecified atom stereocenters. The fourth-order valence-corrected chi connectivity index (χ4v) is 3.87. The van der Waals surface area contributed by atoms with E-state index in [2.05, 4.69) is 0 Å². The molecule has 0 saturated carbocycles. The van der Waals surface area contributed by atoms with E-state index >= 15 is 0 Å². The Morgan fingerprint density at radius 3 is 2.55 bits per heavy atom. The largest absolute Gasteiger partial charge is 0.454 e. The van der Waals surface area contributed by atoms with Crippen LogP contribution in [0.1, 0.15) is 44.0 Å². The van der Waals surface area contributed by atoms with E-state index in [9.17, 15) is 22.8 Å². The molecule has 1 saturated heterocycles. The van der Waals surface area contributed by atoms with E-state index in [0.717, 1.165) is 6.42 Å². The summed E-state index contributed by atoms with van der Waals surface area (Å²) in [5.74, 6) is -1.94. The number of hydrogen-bond acceptors (Lipinski definition) is 3. The van der Waals surface area contributed by atoms with Gasteiger partial charge in [0.2, 0.25) is 0 Å². The Labute approximate surface area is 171 Å². The van der Waals surface area contributed by atoms with Gasteiger partial charge in [-0.1, -0.05) is 17.7 Å². The van der Waals surface area contributed by atoms with Crippen molar-refractivity contribution in [2.75, 3.05) is 6.54 Å². The minimum absolute atomic E-state index is 0.0679. The molecule has 0 N–H and O–H groups in total. The first-order valence-corrected chi connectivity index (χ1v) is 9.65. The zero-order valence-corrected chi connectivity index (χ0v) is 17.1. The summed E-state index contributed by atoms with van der Waals surface area (Å²) in [6.07, 6.45) is -2.84. The number of fused-ring (bicyclic) bond motifs is 1. The molecule has 2 aromatic rings. The summed E-state index contributed by atoms with van der Waals surface area (Å²) >= 11 is 6.12. The molecule has 2 heterocycles. The quantitative estimate of drug-likeness (QED) is 0.609. The smallest absolute Gasteiger partial charge is 0.444 e. The monoisotopic (exact) mass is 430 g/mol. The SMILES string of the molecule is CC(C)(C)OC(=O)N1CCCC1Cn1cc(C(=O)C(F)(F)F)c2c(Cl)cccc21. The molecule has 5 nitrogen and oxygen atoms in total. The van der Waals surface area contributed by atoms with Crippen molar-refractivity contribution in [1.82, 2.24) is 9.47 Å². The maximum absolute atomic E-state index is 13.1. The van der Waals surface area contributed by atoms with Gasteiger partial charge in [-0.15, -0.1) is 0 Å². The van der Waals surface area contributed by atoms with Crippen LogP contribution in [0.3, 0.4) is 0 Å². The van der Waals surface area contributed by atoms with E-state index in [0.29, 0.717) is 18.5 Å². The second kappa shape index (κ2) is 7.55. The van der Waals surface area contributed by atoms with Gasteiger partial charge in [0.05, 0.1) is 22.1 Å². The number of aromatic nitrogens is 1. The van der Waals surface area contributed by atoms with Crippen LogP contribution in [0.4, 0.5) is 18.0 Å². The highest BCUT2D eigenvalue weighted by Crippen LogP contribution is 2.34. The minimum Gasteiger partial charge on any atom is -0.444 e. The normalized spacial score (nSPS) is 17.8. The molecule has 1 atom stereocenters. The van der Waals surface area contributed by atoms with Gasteiger partial charge >= 0.3 is 12.3 Å². The van der Waals surface area contributed by atoms with Crippen molar-refractivity contribution < 1.29 is 27.5 Å². The van der Waals surface area contributed by atoms with Crippen molar-refractivity contribution in [1.29, 1.82) is 0 Å². The maximum atomic E-state index is 13.1. The van der Waals surface area contributed by atoms with E-state index in [4.69, 9.17) is 16.3 Å². The van der Waals surface area contributed by atoms with E-state index in [1.807, 2.05) is 0 Å². The minimum atomic E-state index is -5.01. The zero-order chi connectivity index (χ0) is 21.6. The second-order valence-electron chi connectivity index (χ2n) is 8.13. The van der Waals surface area contributed by atoms with Gasteiger partial charge in [-0.3, -0.25) is 4.79 Å². The summed E-state index contributed by atoms with van der Waals surface area (Å²) in [6, 6.07) is 4.42. The fourth-order valence-electron chi connectivity index (χ4n) is 3.60. The number of nitrogens with zero attached hydrogens (tertiary/aromatic N) is 2. The highest BCUT2D eigenvalue weighted by molar-refractivity contribution is 6.37. The van der Waals surface area contributed by atoms with Crippen molar-refractivity contribution in [3.8, 4) is 0 Å². The molecule has 29 heavy (non-hydrogen) atoms. The van der Waals surface area contributed by atoms with Crippen molar-refractivity contribution in [2.24, 2.45) is 0 Å². The number of halogens is 4. The first kappa shape index (κ1) is 21.5. The Bertz CT molecular complexity index is 947. The van der Waals surface area contributed by atoms with Gasteiger partial charge in [0.15, 0.2) is 0 Å². The molecular formula is C20H22ClF3N2O3. The summed E-state index contributed by atoms with van der Waals surface area (Å²) in [7, 11) is 0. The number of carbonyl (C=O) groups excluding carboxylic acids is 2. The Morgan fingerprint density at radius 1 is 1.24 bits per heavy atom. The van der Waals surface area contributed by atoms with Crippen LogP contribution in [0, 0.1) is 0 Å². The van der Waals surface area contributed by atoms with Gasteiger partial charge in [-0.2, -0.15) is 13.2 Å². The van der Waals surface area contributed by atoms with E-state index in [1.54, 1.807) is 42.4 Å². The lowest BCUT2D eigenvalue weighted by atomic mass is 10.1. The Morgan fingerprint density at radius 2 is 1.93 bits per heavy atom. The number of alkyl halides is 3. The summed E-state index contributed by atoms with van der Waals surface area (Å²) < 4.78 is 46.2. The zero-order valence-electron chi connectivity index (χ0n) is 16.3. The lowest BCUT2D eigenvalue weighted by Gasteiger charge is -2.29. The third-order valence-corrected chi connectivity index (χ3v) is 5.08. The number of Topliss-reactive ketones (excluding diaryl/α,β-unsaturated/α-hetero) is 1. The molecule has 9 heteroatoms. The highest BCUT2D eigenvalue weighted by Gasteiger charge is 2.41. The third kappa shape index (κ3) is 4.52. The molecule has 1 aliphatic heterocycles. The number of benzene rings is 1. The lowest BCUT2D eigenvalue weighted by Crippen LogP contribution is -2.41. The van der Waals surface area contributed by atoms with Crippen molar-refractivity contribution in [3.63, 3.8) is 0 Å². The van der Waals surface area contributed by atoms with Crippen LogP contribution >= 0.6 is 11.6 Å². The maximum Gasteiger partial charge on any atom is 0.454 e. The number of likely N-dealkylation sites (tertiary alicyclic amines) is 1. The number of ether oxygens (including phenoxy) is 1. The van der Waals surface area contributed by atoms with Gasteiger partial charge in [0.1, 0.15) is 5.60 Å². The van der Waals surface area contributed by atoms with Crippen LogP contribution < -0.4 is 0 Å². The molecule has 3 rings (SSSR count). The van der Waals surface area contributed by atoms with Gasteiger partial charge in [-0.25, -0.2) is 4.79 Å². The number of amides is 1. The molecule has 1 aromatic heterocycles. The van der Waals surface area contributed by atoms with Crippen LogP contribution in [0.15, 0.2) is 24.4 Å². The molecule has 1 aromatic carbocycles. The average Bonchev–Trinajstić information content (AvgIpc) is 3.18. The van der Waals surface area contributed by atoms with Crippen LogP contribution in [0.5, 0.6) is 0 Å². The van der Waals surface area contributed by atoms with Crippen LogP contribution in [-0.4, -0.2) is 45.7 Å². The van der Waals surface area contributed by atoms with Gasteiger partial charge in [0.25, 0.3) is 5.78 Å². The van der Waals surface area contributed by atoms with E-state index < -0.39 is 29.2 Å². The number of carbonyl (C=O) groups is 2. The highest BCUT2D eigenvalue weighted by atomic mass is 35.5. The number of hydrogen-bond donors (Lipinski definition) is 0. The van der Waals surface area contributed by atoms with Crippen molar-refractivity contribution >= 4 is 34.4 Å². The number of ketones is 1. The third-order valence-electron chi connectivity index (χ3n) is 4.77. The average molecular weight is 431 g/mol. The Balaban J connectivity index is 1.95. The molecule has 1 fully saturated rings. The van der Waals surface area contributed by atoms with E-state index in [1.165, 1.54) is 12.3 Å². The summed E-state index contributed by atoms with van der Waals surface area (Å²) in [4.78, 5) is 26.0. The van der Waals surface area contributed by atoms with Gasteiger partial charge < -0.3 is 14.2 Å². The summed E-state index contributed by atoms with van der Waals surface area (Å²) in [6.45, 7) is 6.06. The molecule has 0 spiro atoms.